The Morgan fingerprint density at radius 2 is 2.08 bits per heavy atom. The molecule has 2 heterocycles. The topological polar surface area (TPSA) is 95.6 Å². The first kappa shape index (κ1) is 17.3. The van der Waals surface area contributed by atoms with Gasteiger partial charge in [0.2, 0.25) is 17.7 Å². The Bertz CT molecular complexity index is 744. The number of carbonyl (C=O) groups excluding carboxylic acids is 4. The monoisotopic (exact) mass is 343 g/mol. The number of carbonyl (C=O) groups is 4. The standard InChI is InChI=1S/C18H21N3O4/c1-2-4-15(22)19-17(24)12-6-3-5-11-9-21(10-13(11)12)14-7-8-16(23)20-18(14)25/h3,5-6,14H,2,4,7-10H2,1H3,(H,19,22,24)(H,20,23,25). The quantitative estimate of drug-likeness (QED) is 0.791. The summed E-state index contributed by atoms with van der Waals surface area (Å²) in [7, 11) is 0. The first-order chi connectivity index (χ1) is 12.0. The number of nitrogens with one attached hydrogen (secondary N) is 2. The molecule has 0 saturated carbocycles. The van der Waals surface area contributed by atoms with Crippen LogP contribution in [0.2, 0.25) is 0 Å². The summed E-state index contributed by atoms with van der Waals surface area (Å²) in [6.45, 7) is 2.88. The van der Waals surface area contributed by atoms with Crippen molar-refractivity contribution in [1.29, 1.82) is 0 Å². The minimum absolute atomic E-state index is 0.243. The maximum Gasteiger partial charge on any atom is 0.258 e. The largest absolute Gasteiger partial charge is 0.295 e. The average molecular weight is 343 g/mol. The maximum atomic E-state index is 12.4. The summed E-state index contributed by atoms with van der Waals surface area (Å²) in [5.41, 5.74) is 2.28. The van der Waals surface area contributed by atoms with E-state index in [2.05, 4.69) is 10.6 Å². The highest BCUT2D eigenvalue weighted by Crippen LogP contribution is 2.29. The van der Waals surface area contributed by atoms with Gasteiger partial charge in [0.1, 0.15) is 0 Å². The molecule has 3 rings (SSSR count). The van der Waals surface area contributed by atoms with E-state index in [0.29, 0.717) is 44.3 Å². The van der Waals surface area contributed by atoms with Gasteiger partial charge in [-0.1, -0.05) is 19.1 Å². The van der Waals surface area contributed by atoms with Gasteiger partial charge in [-0.05, 0) is 30.0 Å². The van der Waals surface area contributed by atoms with Gasteiger partial charge in [-0.3, -0.25) is 34.7 Å². The van der Waals surface area contributed by atoms with Crippen molar-refractivity contribution in [2.24, 2.45) is 0 Å². The van der Waals surface area contributed by atoms with E-state index in [-0.39, 0.29) is 23.8 Å². The van der Waals surface area contributed by atoms with Gasteiger partial charge in [-0.2, -0.15) is 0 Å². The summed E-state index contributed by atoms with van der Waals surface area (Å²) < 4.78 is 0. The Labute approximate surface area is 145 Å². The van der Waals surface area contributed by atoms with Crippen molar-refractivity contribution in [3.05, 3.63) is 34.9 Å². The normalized spacial score (nSPS) is 20.1. The Morgan fingerprint density at radius 1 is 1.28 bits per heavy atom. The Hall–Kier alpha value is -2.54. The SMILES string of the molecule is CCCC(=O)NC(=O)c1cccc2c1CN(C1CCC(=O)NC1=O)C2. The van der Waals surface area contributed by atoms with Crippen LogP contribution in [0.25, 0.3) is 0 Å². The molecule has 2 aliphatic heterocycles. The van der Waals surface area contributed by atoms with Crippen molar-refractivity contribution in [3.8, 4) is 0 Å². The van der Waals surface area contributed by atoms with Crippen LogP contribution in [0, 0.1) is 0 Å². The lowest BCUT2D eigenvalue weighted by Crippen LogP contribution is -2.50. The molecule has 1 atom stereocenters. The molecule has 7 heteroatoms. The van der Waals surface area contributed by atoms with Crippen molar-refractivity contribution >= 4 is 23.6 Å². The zero-order chi connectivity index (χ0) is 18.0. The molecule has 7 nitrogen and oxygen atoms in total. The fourth-order valence-electron chi connectivity index (χ4n) is 3.39. The van der Waals surface area contributed by atoms with E-state index in [4.69, 9.17) is 0 Å². The lowest BCUT2D eigenvalue weighted by molar-refractivity contribution is -0.137. The number of piperidine rings is 1. The van der Waals surface area contributed by atoms with E-state index >= 15 is 0 Å². The highest BCUT2D eigenvalue weighted by atomic mass is 16.2. The number of rotatable bonds is 4. The number of nitrogens with zero attached hydrogens (tertiary/aromatic N) is 1. The molecule has 0 spiro atoms. The zero-order valence-electron chi connectivity index (χ0n) is 14.1. The minimum Gasteiger partial charge on any atom is -0.295 e. The van der Waals surface area contributed by atoms with E-state index in [9.17, 15) is 19.2 Å². The van der Waals surface area contributed by atoms with Crippen LogP contribution in [0.15, 0.2) is 18.2 Å². The molecule has 25 heavy (non-hydrogen) atoms. The molecule has 2 aliphatic rings. The number of imide groups is 2. The number of benzene rings is 1. The van der Waals surface area contributed by atoms with Crippen molar-refractivity contribution in [1.82, 2.24) is 15.5 Å². The van der Waals surface area contributed by atoms with Crippen molar-refractivity contribution in [2.45, 2.75) is 51.7 Å². The van der Waals surface area contributed by atoms with Crippen LogP contribution in [-0.2, 0) is 27.5 Å². The Morgan fingerprint density at radius 3 is 2.80 bits per heavy atom. The summed E-state index contributed by atoms with van der Waals surface area (Å²) in [4.78, 5) is 49.5. The van der Waals surface area contributed by atoms with Crippen molar-refractivity contribution in [2.75, 3.05) is 0 Å². The smallest absolute Gasteiger partial charge is 0.258 e. The minimum atomic E-state index is -0.402. The van der Waals surface area contributed by atoms with E-state index in [1.54, 1.807) is 12.1 Å². The summed E-state index contributed by atoms with van der Waals surface area (Å²) in [5, 5.41) is 4.78. The van der Waals surface area contributed by atoms with Crippen LogP contribution in [0.5, 0.6) is 0 Å². The summed E-state index contributed by atoms with van der Waals surface area (Å²) >= 11 is 0. The molecule has 1 aromatic rings. The molecular formula is C18H21N3O4. The third-order valence-corrected chi connectivity index (χ3v) is 4.63. The molecule has 4 amide bonds. The van der Waals surface area contributed by atoms with Gasteiger partial charge in [0.15, 0.2) is 0 Å². The zero-order valence-corrected chi connectivity index (χ0v) is 14.1. The average Bonchev–Trinajstić information content (AvgIpc) is 2.98. The van der Waals surface area contributed by atoms with Gasteiger partial charge in [0.05, 0.1) is 6.04 Å². The molecule has 1 fully saturated rings. The van der Waals surface area contributed by atoms with Gasteiger partial charge in [-0.25, -0.2) is 0 Å². The molecule has 1 unspecified atom stereocenters. The van der Waals surface area contributed by atoms with E-state index in [1.165, 1.54) is 0 Å². The molecular weight excluding hydrogens is 322 g/mol. The summed E-state index contributed by atoms with van der Waals surface area (Å²) in [5.74, 6) is -1.22. The Balaban J connectivity index is 1.75. The summed E-state index contributed by atoms with van der Waals surface area (Å²) in [6, 6.07) is 5.03. The predicted molar refractivity (Wildman–Crippen MR) is 89.2 cm³/mol. The second-order valence-electron chi connectivity index (χ2n) is 6.44. The highest BCUT2D eigenvalue weighted by molar-refractivity contribution is 6.05. The van der Waals surface area contributed by atoms with Gasteiger partial charge in [-0.15, -0.1) is 0 Å². The van der Waals surface area contributed by atoms with Crippen LogP contribution in [0.3, 0.4) is 0 Å². The number of amides is 4. The highest BCUT2D eigenvalue weighted by Gasteiger charge is 2.35. The van der Waals surface area contributed by atoms with Crippen LogP contribution in [-0.4, -0.2) is 34.6 Å². The van der Waals surface area contributed by atoms with Crippen LogP contribution < -0.4 is 10.6 Å². The van der Waals surface area contributed by atoms with Gasteiger partial charge in [0.25, 0.3) is 5.91 Å². The van der Waals surface area contributed by atoms with E-state index in [1.807, 2.05) is 17.9 Å². The van der Waals surface area contributed by atoms with Crippen LogP contribution >= 0.6 is 0 Å². The molecule has 1 aromatic carbocycles. The van der Waals surface area contributed by atoms with E-state index < -0.39 is 5.91 Å². The number of fused-ring (bicyclic) bond motifs is 1. The van der Waals surface area contributed by atoms with Crippen LogP contribution in [0.4, 0.5) is 0 Å². The van der Waals surface area contributed by atoms with Gasteiger partial charge >= 0.3 is 0 Å². The van der Waals surface area contributed by atoms with E-state index in [0.717, 1.165) is 11.1 Å². The molecule has 0 aliphatic carbocycles. The molecule has 132 valence electrons. The third kappa shape index (κ3) is 3.61. The lowest BCUT2D eigenvalue weighted by Gasteiger charge is -2.29. The van der Waals surface area contributed by atoms with Gasteiger partial charge < -0.3 is 0 Å². The number of hydrogen-bond acceptors (Lipinski definition) is 5. The first-order valence-corrected chi connectivity index (χ1v) is 8.52. The third-order valence-electron chi connectivity index (χ3n) is 4.63. The summed E-state index contributed by atoms with van der Waals surface area (Å²) in [6.07, 6.45) is 1.79. The molecule has 2 N–H and O–H groups in total. The fraction of sp³-hybridized carbons (Fsp3) is 0.444. The molecule has 0 bridgehead atoms. The molecule has 1 saturated heterocycles. The van der Waals surface area contributed by atoms with Crippen LogP contribution in [0.1, 0.15) is 54.1 Å². The molecule has 0 radical (unpaired) electrons. The maximum absolute atomic E-state index is 12.4. The predicted octanol–water partition coefficient (Wildman–Crippen LogP) is 0.864. The fourth-order valence-corrected chi connectivity index (χ4v) is 3.39. The lowest BCUT2D eigenvalue weighted by atomic mass is 10.0. The van der Waals surface area contributed by atoms with Gasteiger partial charge in [0, 0.05) is 31.5 Å². The first-order valence-electron chi connectivity index (χ1n) is 8.52. The second-order valence-corrected chi connectivity index (χ2v) is 6.44. The van der Waals surface area contributed by atoms with Crippen molar-refractivity contribution < 1.29 is 19.2 Å². The Kier molecular flexibility index (Phi) is 4.94. The second kappa shape index (κ2) is 7.14. The van der Waals surface area contributed by atoms with Crippen molar-refractivity contribution in [3.63, 3.8) is 0 Å². The molecule has 0 aromatic heterocycles. The number of hydrogen-bond donors (Lipinski definition) is 2.